The molecule has 2 heterocycles. The minimum absolute atomic E-state index is 0.244. The zero-order valence-corrected chi connectivity index (χ0v) is 9.55. The summed E-state index contributed by atoms with van der Waals surface area (Å²) < 4.78 is 0. The molecule has 0 aliphatic rings. The average Bonchev–Trinajstić information content (AvgIpc) is 2.92. The molecule has 0 aliphatic heterocycles. The molecule has 0 spiro atoms. The number of nitrogens with zero attached hydrogens (tertiary/aromatic N) is 3. The number of carbonyl (C=O) groups excluding carboxylic acids is 1. The highest BCUT2D eigenvalue weighted by Crippen LogP contribution is 1.98. The summed E-state index contributed by atoms with van der Waals surface area (Å²) in [4.78, 5) is 26.5. The van der Waals surface area contributed by atoms with Crippen LogP contribution in [0, 0.1) is 0 Å². The monoisotopic (exact) mass is 247 g/mol. The molecule has 0 saturated carbocycles. The van der Waals surface area contributed by atoms with Gasteiger partial charge >= 0.3 is 0 Å². The van der Waals surface area contributed by atoms with Gasteiger partial charge < -0.3 is 15.7 Å². The van der Waals surface area contributed by atoms with Crippen molar-refractivity contribution in [3.63, 3.8) is 0 Å². The summed E-state index contributed by atoms with van der Waals surface area (Å²) >= 11 is 0. The second-order valence-corrected chi connectivity index (χ2v) is 3.47. The molecule has 0 unspecified atom stereocenters. The van der Waals surface area contributed by atoms with Gasteiger partial charge in [0.15, 0.2) is 5.82 Å². The fourth-order valence-corrected chi connectivity index (χ4v) is 1.34. The Balaban J connectivity index is 1.83. The van der Waals surface area contributed by atoms with E-state index in [1.54, 1.807) is 12.4 Å². The Hall–Kier alpha value is -2.48. The van der Waals surface area contributed by atoms with E-state index in [2.05, 4.69) is 30.7 Å². The van der Waals surface area contributed by atoms with Crippen LogP contribution >= 0.6 is 0 Å². The SMILES string of the molecule is NNc1cnc(C(=O)NCCc2ncc[nH]2)cn1. The number of aromatic amines is 1. The van der Waals surface area contributed by atoms with E-state index in [0.717, 1.165) is 5.82 Å². The Kier molecular flexibility index (Phi) is 3.82. The van der Waals surface area contributed by atoms with Crippen molar-refractivity contribution in [3.8, 4) is 0 Å². The lowest BCUT2D eigenvalue weighted by molar-refractivity contribution is 0.0948. The lowest BCUT2D eigenvalue weighted by atomic mass is 10.3. The Morgan fingerprint density at radius 2 is 2.22 bits per heavy atom. The molecule has 2 aromatic rings. The van der Waals surface area contributed by atoms with E-state index in [0.29, 0.717) is 18.8 Å². The number of aromatic nitrogens is 4. The van der Waals surface area contributed by atoms with Crippen molar-refractivity contribution in [2.24, 2.45) is 5.84 Å². The third-order valence-electron chi connectivity index (χ3n) is 2.23. The molecular weight excluding hydrogens is 234 g/mol. The van der Waals surface area contributed by atoms with E-state index in [1.165, 1.54) is 12.4 Å². The van der Waals surface area contributed by atoms with Gasteiger partial charge in [0.25, 0.3) is 5.91 Å². The third kappa shape index (κ3) is 3.01. The van der Waals surface area contributed by atoms with Crippen LogP contribution in [0.15, 0.2) is 24.8 Å². The van der Waals surface area contributed by atoms with Crippen LogP contribution in [0.5, 0.6) is 0 Å². The van der Waals surface area contributed by atoms with Crippen LogP contribution in [-0.2, 0) is 6.42 Å². The average molecular weight is 247 g/mol. The predicted octanol–water partition coefficient (Wildman–Crippen LogP) is -0.542. The van der Waals surface area contributed by atoms with E-state index in [1.807, 2.05) is 0 Å². The maximum absolute atomic E-state index is 11.7. The van der Waals surface area contributed by atoms with Crippen molar-refractivity contribution >= 4 is 11.7 Å². The van der Waals surface area contributed by atoms with Crippen LogP contribution in [0.2, 0.25) is 0 Å². The minimum Gasteiger partial charge on any atom is -0.350 e. The Labute approximate surface area is 103 Å². The van der Waals surface area contributed by atoms with Crippen LogP contribution in [0.1, 0.15) is 16.3 Å². The molecule has 18 heavy (non-hydrogen) atoms. The molecule has 0 fully saturated rings. The number of rotatable bonds is 5. The molecule has 1 amide bonds. The molecule has 0 aromatic carbocycles. The Bertz CT molecular complexity index is 493. The van der Waals surface area contributed by atoms with Crippen LogP contribution in [0.3, 0.4) is 0 Å². The number of H-pyrrole nitrogens is 1. The molecule has 8 heteroatoms. The number of hydrogen-bond donors (Lipinski definition) is 4. The van der Waals surface area contributed by atoms with Crippen LogP contribution in [0.4, 0.5) is 5.82 Å². The van der Waals surface area contributed by atoms with Gasteiger partial charge in [-0.25, -0.2) is 20.8 Å². The van der Waals surface area contributed by atoms with Crippen molar-refractivity contribution in [2.45, 2.75) is 6.42 Å². The number of nitrogens with one attached hydrogen (secondary N) is 3. The quantitative estimate of drug-likeness (QED) is 0.416. The number of hydrogen-bond acceptors (Lipinski definition) is 6. The summed E-state index contributed by atoms with van der Waals surface area (Å²) in [7, 11) is 0. The van der Waals surface area contributed by atoms with Crippen molar-refractivity contribution in [3.05, 3.63) is 36.3 Å². The van der Waals surface area contributed by atoms with Gasteiger partial charge in [-0.15, -0.1) is 0 Å². The highest BCUT2D eigenvalue weighted by atomic mass is 16.1. The van der Waals surface area contributed by atoms with Crippen molar-refractivity contribution in [1.82, 2.24) is 25.3 Å². The first kappa shape index (κ1) is 12.0. The van der Waals surface area contributed by atoms with Gasteiger partial charge in [0.05, 0.1) is 12.4 Å². The molecule has 2 aromatic heterocycles. The summed E-state index contributed by atoms with van der Waals surface area (Å²) in [5.41, 5.74) is 2.58. The van der Waals surface area contributed by atoms with Gasteiger partial charge in [-0.05, 0) is 0 Å². The first-order valence-electron chi connectivity index (χ1n) is 5.34. The molecule has 0 radical (unpaired) electrons. The van der Waals surface area contributed by atoms with Gasteiger partial charge in [-0.2, -0.15) is 0 Å². The van der Waals surface area contributed by atoms with Crippen LogP contribution < -0.4 is 16.6 Å². The molecular formula is C10H13N7O. The van der Waals surface area contributed by atoms with Crippen molar-refractivity contribution in [2.75, 3.05) is 12.0 Å². The number of nitrogens with two attached hydrogens (primary N) is 1. The fraction of sp³-hybridized carbons (Fsp3) is 0.200. The minimum atomic E-state index is -0.280. The Morgan fingerprint density at radius 3 is 2.83 bits per heavy atom. The first-order valence-corrected chi connectivity index (χ1v) is 5.34. The van der Waals surface area contributed by atoms with E-state index in [-0.39, 0.29) is 11.6 Å². The van der Waals surface area contributed by atoms with Gasteiger partial charge in [0.1, 0.15) is 11.5 Å². The number of anilines is 1. The summed E-state index contributed by atoms with van der Waals surface area (Å²) in [6.07, 6.45) is 6.79. The normalized spacial score (nSPS) is 10.1. The van der Waals surface area contributed by atoms with E-state index in [9.17, 15) is 4.79 Å². The Morgan fingerprint density at radius 1 is 1.33 bits per heavy atom. The number of imidazole rings is 1. The summed E-state index contributed by atoms with van der Waals surface area (Å²) in [5, 5.41) is 2.72. The standard InChI is InChI=1S/C10H13N7O/c11-17-9-6-15-7(5-16-9)10(18)14-2-1-8-12-3-4-13-8/h3-6H,1-2,11H2,(H,12,13)(H,14,18)(H,16,17). The lowest BCUT2D eigenvalue weighted by Crippen LogP contribution is -2.27. The topological polar surface area (TPSA) is 122 Å². The molecule has 0 bridgehead atoms. The van der Waals surface area contributed by atoms with Gasteiger partial charge in [-0.3, -0.25) is 4.79 Å². The fourth-order valence-electron chi connectivity index (χ4n) is 1.34. The highest BCUT2D eigenvalue weighted by molar-refractivity contribution is 5.91. The third-order valence-corrected chi connectivity index (χ3v) is 2.23. The summed E-state index contributed by atoms with van der Waals surface area (Å²) in [6, 6.07) is 0. The molecule has 0 saturated heterocycles. The maximum Gasteiger partial charge on any atom is 0.271 e. The number of hydrazine groups is 1. The number of nitrogen functional groups attached to an aromatic ring is 1. The second kappa shape index (κ2) is 5.73. The van der Waals surface area contributed by atoms with Crippen molar-refractivity contribution in [1.29, 1.82) is 0 Å². The molecule has 94 valence electrons. The smallest absolute Gasteiger partial charge is 0.271 e. The van der Waals surface area contributed by atoms with Crippen molar-refractivity contribution < 1.29 is 4.79 Å². The van der Waals surface area contributed by atoms with Gasteiger partial charge in [0, 0.05) is 25.4 Å². The van der Waals surface area contributed by atoms with E-state index >= 15 is 0 Å². The zero-order valence-electron chi connectivity index (χ0n) is 9.55. The first-order chi connectivity index (χ1) is 8.79. The molecule has 8 nitrogen and oxygen atoms in total. The van der Waals surface area contributed by atoms with E-state index < -0.39 is 0 Å². The number of carbonyl (C=O) groups is 1. The molecule has 2 rings (SSSR count). The van der Waals surface area contributed by atoms with E-state index in [4.69, 9.17) is 5.84 Å². The molecule has 5 N–H and O–H groups in total. The zero-order chi connectivity index (χ0) is 12.8. The highest BCUT2D eigenvalue weighted by Gasteiger charge is 2.07. The lowest BCUT2D eigenvalue weighted by Gasteiger charge is -2.03. The summed E-state index contributed by atoms with van der Waals surface area (Å²) in [6.45, 7) is 0.477. The van der Waals surface area contributed by atoms with Gasteiger partial charge in [-0.1, -0.05) is 0 Å². The summed E-state index contributed by atoms with van der Waals surface area (Å²) in [5.74, 6) is 6.09. The maximum atomic E-state index is 11.7. The van der Waals surface area contributed by atoms with Crippen LogP contribution in [0.25, 0.3) is 0 Å². The molecule has 0 aliphatic carbocycles. The number of amides is 1. The second-order valence-electron chi connectivity index (χ2n) is 3.47. The van der Waals surface area contributed by atoms with Crippen LogP contribution in [-0.4, -0.2) is 32.4 Å². The predicted molar refractivity (Wildman–Crippen MR) is 64.5 cm³/mol. The molecule has 0 atom stereocenters. The largest absolute Gasteiger partial charge is 0.350 e. The van der Waals surface area contributed by atoms with Gasteiger partial charge in [0.2, 0.25) is 0 Å².